The largest absolute Gasteiger partial charge is 0.348 e. The van der Waals surface area contributed by atoms with Crippen molar-refractivity contribution in [1.29, 1.82) is 0 Å². The van der Waals surface area contributed by atoms with Crippen LogP contribution in [0, 0.1) is 5.82 Å². The van der Waals surface area contributed by atoms with E-state index in [1.807, 2.05) is 23.9 Å². The summed E-state index contributed by atoms with van der Waals surface area (Å²) in [6, 6.07) is 5.76. The number of hydrogen-bond donors (Lipinski definition) is 1. The predicted molar refractivity (Wildman–Crippen MR) is 69.7 cm³/mol. The molecular weight excluding hydrogens is 215 g/mol. The van der Waals surface area contributed by atoms with Gasteiger partial charge in [0.2, 0.25) is 0 Å². The van der Waals surface area contributed by atoms with Crippen molar-refractivity contribution in [2.75, 3.05) is 6.54 Å². The van der Waals surface area contributed by atoms with Gasteiger partial charge in [0.1, 0.15) is 5.82 Å². The third-order valence-corrected chi connectivity index (χ3v) is 2.98. The minimum Gasteiger partial charge on any atom is -0.348 e. The predicted octanol–water partition coefficient (Wildman–Crippen LogP) is 2.86. The number of para-hydroxylation sites is 1. The molecule has 2 rings (SSSR count). The molecule has 1 heterocycles. The number of benzene rings is 1. The smallest absolute Gasteiger partial charge is 0.147 e. The van der Waals surface area contributed by atoms with Crippen LogP contribution < -0.4 is 5.32 Å². The van der Waals surface area contributed by atoms with Crippen molar-refractivity contribution in [2.45, 2.75) is 26.3 Å². The van der Waals surface area contributed by atoms with Crippen LogP contribution in [-0.4, -0.2) is 17.2 Å². The number of rotatable bonds is 4. The van der Waals surface area contributed by atoms with Gasteiger partial charge in [-0.3, -0.25) is 0 Å². The fraction of sp³-hybridized carbons (Fsp3) is 0.429. The summed E-state index contributed by atoms with van der Waals surface area (Å²) in [5.41, 5.74) is 1.90. The number of nitrogens with one attached hydrogen (secondary N) is 1. The summed E-state index contributed by atoms with van der Waals surface area (Å²) in [6.45, 7) is 5.18. The first-order chi connectivity index (χ1) is 8.09. The minimum atomic E-state index is -0.145. The zero-order valence-electron chi connectivity index (χ0n) is 10.6. The second kappa shape index (κ2) is 4.88. The van der Waals surface area contributed by atoms with Gasteiger partial charge in [0.25, 0.3) is 0 Å². The first kappa shape index (κ1) is 12.1. The van der Waals surface area contributed by atoms with Crippen LogP contribution in [0.4, 0.5) is 4.39 Å². The molecule has 0 saturated heterocycles. The van der Waals surface area contributed by atoms with Crippen molar-refractivity contribution in [3.8, 4) is 0 Å². The Bertz CT molecular complexity index is 514. The lowest BCUT2D eigenvalue weighted by Crippen LogP contribution is -2.24. The molecule has 0 aliphatic heterocycles. The summed E-state index contributed by atoms with van der Waals surface area (Å²) in [4.78, 5) is 0. The van der Waals surface area contributed by atoms with E-state index in [0.29, 0.717) is 11.6 Å². The molecule has 0 radical (unpaired) electrons. The summed E-state index contributed by atoms with van der Waals surface area (Å²) in [5.74, 6) is -0.145. The maximum Gasteiger partial charge on any atom is 0.147 e. The molecule has 0 unspecified atom stereocenters. The van der Waals surface area contributed by atoms with Crippen LogP contribution in [0.3, 0.4) is 0 Å². The van der Waals surface area contributed by atoms with Crippen LogP contribution in [-0.2, 0) is 13.5 Å². The topological polar surface area (TPSA) is 17.0 Å². The van der Waals surface area contributed by atoms with Crippen LogP contribution in [0.5, 0.6) is 0 Å². The number of aryl methyl sites for hydroxylation is 1. The normalized spacial score (nSPS) is 11.6. The van der Waals surface area contributed by atoms with Gasteiger partial charge in [-0.05, 0) is 24.6 Å². The molecule has 1 aromatic carbocycles. The molecule has 2 nitrogen and oxygen atoms in total. The first-order valence-corrected chi connectivity index (χ1v) is 6.05. The lowest BCUT2D eigenvalue weighted by Gasteiger charge is -2.06. The van der Waals surface area contributed by atoms with Crippen LogP contribution >= 0.6 is 0 Å². The molecule has 3 heteroatoms. The van der Waals surface area contributed by atoms with Gasteiger partial charge in [0.05, 0.1) is 5.52 Å². The average Bonchev–Trinajstić information content (AvgIpc) is 2.57. The number of fused-ring (bicyclic) bond motifs is 1. The van der Waals surface area contributed by atoms with E-state index in [9.17, 15) is 4.39 Å². The van der Waals surface area contributed by atoms with Crippen molar-refractivity contribution in [2.24, 2.45) is 7.05 Å². The lowest BCUT2D eigenvalue weighted by molar-refractivity contribution is 0.591. The summed E-state index contributed by atoms with van der Waals surface area (Å²) in [7, 11) is 1.89. The van der Waals surface area contributed by atoms with Crippen molar-refractivity contribution in [3.63, 3.8) is 0 Å². The molecule has 1 N–H and O–H groups in total. The van der Waals surface area contributed by atoms with Crippen molar-refractivity contribution >= 4 is 10.9 Å². The highest BCUT2D eigenvalue weighted by atomic mass is 19.1. The monoisotopic (exact) mass is 234 g/mol. The molecule has 0 saturated carbocycles. The molecule has 1 aromatic heterocycles. The third kappa shape index (κ3) is 2.50. The standard InChI is InChI=1S/C14H19FN2/c1-10(2)16-8-7-11-9-17(3)14-12(11)5-4-6-13(14)15/h4-6,9-10,16H,7-8H2,1-3H3. The van der Waals surface area contributed by atoms with Gasteiger partial charge >= 0.3 is 0 Å². The Morgan fingerprint density at radius 1 is 1.35 bits per heavy atom. The highest BCUT2D eigenvalue weighted by Crippen LogP contribution is 2.23. The number of hydrogen-bond acceptors (Lipinski definition) is 1. The molecule has 0 aliphatic rings. The van der Waals surface area contributed by atoms with E-state index in [0.717, 1.165) is 18.4 Å². The Balaban J connectivity index is 2.26. The Morgan fingerprint density at radius 3 is 2.82 bits per heavy atom. The zero-order chi connectivity index (χ0) is 12.4. The molecular formula is C14H19FN2. The fourth-order valence-corrected chi connectivity index (χ4v) is 2.20. The molecule has 0 bridgehead atoms. The summed E-state index contributed by atoms with van der Waals surface area (Å²) < 4.78 is 15.5. The van der Waals surface area contributed by atoms with E-state index < -0.39 is 0 Å². The lowest BCUT2D eigenvalue weighted by atomic mass is 10.1. The van der Waals surface area contributed by atoms with Gasteiger partial charge in [0.15, 0.2) is 0 Å². The van der Waals surface area contributed by atoms with Crippen molar-refractivity contribution in [1.82, 2.24) is 9.88 Å². The van der Waals surface area contributed by atoms with Gasteiger partial charge in [0, 0.05) is 24.7 Å². The molecule has 0 spiro atoms. The zero-order valence-corrected chi connectivity index (χ0v) is 10.6. The minimum absolute atomic E-state index is 0.145. The maximum atomic E-state index is 13.7. The molecule has 0 fully saturated rings. The molecule has 0 aliphatic carbocycles. The summed E-state index contributed by atoms with van der Waals surface area (Å²) >= 11 is 0. The van der Waals surface area contributed by atoms with E-state index in [1.165, 1.54) is 11.6 Å². The molecule has 2 aromatic rings. The second-order valence-electron chi connectivity index (χ2n) is 4.76. The highest BCUT2D eigenvalue weighted by molar-refractivity contribution is 5.84. The van der Waals surface area contributed by atoms with Crippen LogP contribution in [0.15, 0.2) is 24.4 Å². The molecule has 0 atom stereocenters. The van der Waals surface area contributed by atoms with E-state index in [1.54, 1.807) is 6.07 Å². The van der Waals surface area contributed by atoms with Gasteiger partial charge < -0.3 is 9.88 Å². The first-order valence-electron chi connectivity index (χ1n) is 6.05. The van der Waals surface area contributed by atoms with E-state index in [2.05, 4.69) is 19.2 Å². The fourth-order valence-electron chi connectivity index (χ4n) is 2.20. The van der Waals surface area contributed by atoms with Crippen molar-refractivity contribution < 1.29 is 4.39 Å². The SMILES string of the molecule is CC(C)NCCc1cn(C)c2c(F)cccc12. The number of aromatic nitrogens is 1. The molecule has 0 amide bonds. The van der Waals surface area contributed by atoms with E-state index >= 15 is 0 Å². The number of nitrogens with zero attached hydrogens (tertiary/aromatic N) is 1. The molecule has 17 heavy (non-hydrogen) atoms. The Hall–Kier alpha value is -1.35. The van der Waals surface area contributed by atoms with Crippen LogP contribution in [0.1, 0.15) is 19.4 Å². The van der Waals surface area contributed by atoms with E-state index in [4.69, 9.17) is 0 Å². The maximum absolute atomic E-state index is 13.7. The second-order valence-corrected chi connectivity index (χ2v) is 4.76. The van der Waals surface area contributed by atoms with E-state index in [-0.39, 0.29) is 5.82 Å². The third-order valence-electron chi connectivity index (χ3n) is 2.98. The quantitative estimate of drug-likeness (QED) is 0.860. The highest BCUT2D eigenvalue weighted by Gasteiger charge is 2.09. The summed E-state index contributed by atoms with van der Waals surface area (Å²) in [5, 5.41) is 4.41. The average molecular weight is 234 g/mol. The van der Waals surface area contributed by atoms with Crippen LogP contribution in [0.2, 0.25) is 0 Å². The summed E-state index contributed by atoms with van der Waals surface area (Å²) in [6.07, 6.45) is 2.95. The Morgan fingerprint density at radius 2 is 2.12 bits per heavy atom. The van der Waals surface area contributed by atoms with Gasteiger partial charge in [-0.25, -0.2) is 4.39 Å². The Kier molecular flexibility index (Phi) is 3.48. The Labute approximate surface area is 101 Å². The van der Waals surface area contributed by atoms with Gasteiger partial charge in [-0.1, -0.05) is 26.0 Å². The molecule has 92 valence electrons. The van der Waals surface area contributed by atoms with Gasteiger partial charge in [-0.15, -0.1) is 0 Å². The van der Waals surface area contributed by atoms with Gasteiger partial charge in [-0.2, -0.15) is 0 Å². The van der Waals surface area contributed by atoms with Crippen LogP contribution in [0.25, 0.3) is 10.9 Å². The van der Waals surface area contributed by atoms with Crippen molar-refractivity contribution in [3.05, 3.63) is 35.8 Å². The number of halogens is 1.